The lowest BCUT2D eigenvalue weighted by Crippen LogP contribution is -2.70. The molecule has 2 bridgehead atoms. The van der Waals surface area contributed by atoms with Crippen LogP contribution in [0.5, 0.6) is 0 Å². The first-order valence-electron chi connectivity index (χ1n) is 9.55. The van der Waals surface area contributed by atoms with E-state index in [1.54, 1.807) is 10.8 Å². The van der Waals surface area contributed by atoms with Gasteiger partial charge in [0, 0.05) is 19.5 Å². The fourth-order valence-corrected chi connectivity index (χ4v) is 4.31. The number of carbonyl (C=O) groups excluding carboxylic acids is 1. The van der Waals surface area contributed by atoms with E-state index in [1.807, 2.05) is 18.2 Å². The van der Waals surface area contributed by atoms with Crippen molar-refractivity contribution in [1.82, 2.24) is 24.7 Å². The van der Waals surface area contributed by atoms with Gasteiger partial charge in [-0.15, -0.1) is 15.3 Å². The van der Waals surface area contributed by atoms with Gasteiger partial charge in [-0.25, -0.2) is 0 Å². The monoisotopic (exact) mass is 362 g/mol. The fourth-order valence-electron chi connectivity index (χ4n) is 4.31. The summed E-state index contributed by atoms with van der Waals surface area (Å²) in [7, 11) is 0. The molecule has 2 aromatic heterocycles. The van der Waals surface area contributed by atoms with E-state index in [1.165, 1.54) is 5.56 Å². The van der Waals surface area contributed by atoms with Gasteiger partial charge < -0.3 is 9.80 Å². The lowest BCUT2D eigenvalue weighted by molar-refractivity contribution is -0.146. The van der Waals surface area contributed by atoms with E-state index in [9.17, 15) is 4.79 Å². The number of hydrogen-bond acceptors (Lipinski definition) is 5. The average molecular weight is 362 g/mol. The van der Waals surface area contributed by atoms with Gasteiger partial charge in [0.1, 0.15) is 12.1 Å². The van der Waals surface area contributed by atoms with Gasteiger partial charge >= 0.3 is 0 Å². The normalized spacial score (nSPS) is 21.3. The molecule has 0 saturated carbocycles. The second-order valence-corrected chi connectivity index (χ2v) is 7.41. The maximum absolute atomic E-state index is 12.7. The van der Waals surface area contributed by atoms with Crippen LogP contribution < -0.4 is 4.90 Å². The molecule has 6 rings (SSSR count). The molecule has 7 nitrogen and oxygen atoms in total. The van der Waals surface area contributed by atoms with Gasteiger partial charge in [0.2, 0.25) is 5.91 Å². The number of nitrogens with zero attached hydrogens (tertiary/aromatic N) is 6. The molecule has 0 spiro atoms. The SMILES string of the molecule is O=C(CCCc1ccccc1)N1C2CC1CN(c1ccc3nncn3n1)C2. The molecule has 3 aliphatic heterocycles. The molecule has 0 N–H and O–H groups in total. The standard InChI is InChI=1S/C20H22N6O/c27-20(8-4-7-15-5-2-1-3-6-15)26-16-11-17(26)13-24(12-16)19-10-9-18-22-21-14-25(18)23-19/h1-3,5-6,9-10,14,16-17H,4,7-8,11-13H2. The third-order valence-corrected chi connectivity index (χ3v) is 5.65. The van der Waals surface area contributed by atoms with E-state index >= 15 is 0 Å². The van der Waals surface area contributed by atoms with Crippen LogP contribution in [0.4, 0.5) is 5.82 Å². The van der Waals surface area contributed by atoms with Crippen LogP contribution in [0.1, 0.15) is 24.8 Å². The van der Waals surface area contributed by atoms with Crippen LogP contribution in [-0.4, -0.2) is 55.8 Å². The largest absolute Gasteiger partial charge is 0.351 e. The van der Waals surface area contributed by atoms with Crippen LogP contribution in [-0.2, 0) is 11.2 Å². The van der Waals surface area contributed by atoms with E-state index in [2.05, 4.69) is 49.4 Å². The fraction of sp³-hybridized carbons (Fsp3) is 0.400. The number of fused-ring (bicyclic) bond motifs is 3. The lowest BCUT2D eigenvalue weighted by Gasteiger charge is -2.56. The van der Waals surface area contributed by atoms with Crippen molar-refractivity contribution in [1.29, 1.82) is 0 Å². The first kappa shape index (κ1) is 16.2. The Hall–Kier alpha value is -2.96. The number of carbonyl (C=O) groups is 1. The van der Waals surface area contributed by atoms with Crippen molar-refractivity contribution in [3.05, 3.63) is 54.4 Å². The Morgan fingerprint density at radius 2 is 1.89 bits per heavy atom. The summed E-state index contributed by atoms with van der Waals surface area (Å²) in [5.41, 5.74) is 2.05. The quantitative estimate of drug-likeness (QED) is 0.694. The number of aromatic nitrogens is 4. The summed E-state index contributed by atoms with van der Waals surface area (Å²) >= 11 is 0. The molecule has 2 atom stereocenters. The molecule has 0 radical (unpaired) electrons. The molecule has 27 heavy (non-hydrogen) atoms. The molecule has 2 unspecified atom stereocenters. The summed E-state index contributed by atoms with van der Waals surface area (Å²) in [6, 6.07) is 14.9. The van der Waals surface area contributed by atoms with Crippen molar-refractivity contribution in [3.63, 3.8) is 0 Å². The van der Waals surface area contributed by atoms with Crippen LogP contribution in [0.2, 0.25) is 0 Å². The van der Waals surface area contributed by atoms with E-state index in [0.29, 0.717) is 24.4 Å². The minimum absolute atomic E-state index is 0.300. The smallest absolute Gasteiger partial charge is 0.223 e. The molecule has 5 heterocycles. The summed E-state index contributed by atoms with van der Waals surface area (Å²) in [6.45, 7) is 1.70. The molecule has 3 aliphatic rings. The van der Waals surface area contributed by atoms with Crippen molar-refractivity contribution in [2.45, 2.75) is 37.8 Å². The number of rotatable bonds is 5. The minimum Gasteiger partial charge on any atom is -0.351 e. The molecule has 138 valence electrons. The molecule has 1 aromatic carbocycles. The molecule has 3 saturated heterocycles. The summed E-state index contributed by atoms with van der Waals surface area (Å²) in [6.07, 6.45) is 5.23. The Kier molecular flexibility index (Phi) is 3.99. The number of piperazine rings is 1. The van der Waals surface area contributed by atoms with Gasteiger partial charge in [-0.2, -0.15) is 4.52 Å². The third-order valence-electron chi connectivity index (χ3n) is 5.65. The van der Waals surface area contributed by atoms with Crippen molar-refractivity contribution in [2.75, 3.05) is 18.0 Å². The van der Waals surface area contributed by atoms with Crippen LogP contribution in [0, 0.1) is 0 Å². The van der Waals surface area contributed by atoms with E-state index in [0.717, 1.165) is 43.8 Å². The van der Waals surface area contributed by atoms with Crippen molar-refractivity contribution in [2.24, 2.45) is 0 Å². The summed E-state index contributed by atoms with van der Waals surface area (Å²) in [5.74, 6) is 1.22. The maximum atomic E-state index is 12.7. The number of piperidine rings is 1. The number of aryl methyl sites for hydroxylation is 1. The van der Waals surface area contributed by atoms with Crippen LogP contribution in [0.25, 0.3) is 5.65 Å². The lowest BCUT2D eigenvalue weighted by atomic mass is 9.86. The predicted molar refractivity (Wildman–Crippen MR) is 101 cm³/mol. The van der Waals surface area contributed by atoms with Gasteiger partial charge in [0.25, 0.3) is 0 Å². The third kappa shape index (κ3) is 3.03. The Labute approximate surface area is 157 Å². The summed E-state index contributed by atoms with van der Waals surface area (Å²) < 4.78 is 1.70. The zero-order valence-corrected chi connectivity index (χ0v) is 15.1. The Morgan fingerprint density at radius 1 is 1.07 bits per heavy atom. The highest BCUT2D eigenvalue weighted by Crippen LogP contribution is 2.34. The maximum Gasteiger partial charge on any atom is 0.223 e. The molecule has 3 aromatic rings. The van der Waals surface area contributed by atoms with Crippen molar-refractivity contribution in [3.8, 4) is 0 Å². The number of hydrogen-bond donors (Lipinski definition) is 0. The van der Waals surface area contributed by atoms with Crippen LogP contribution >= 0.6 is 0 Å². The topological polar surface area (TPSA) is 66.6 Å². The molecular formula is C20H22N6O. The molecule has 7 heteroatoms. The zero-order valence-electron chi connectivity index (χ0n) is 15.1. The van der Waals surface area contributed by atoms with Crippen molar-refractivity contribution < 1.29 is 4.79 Å². The number of benzene rings is 1. The average Bonchev–Trinajstić information content (AvgIpc) is 3.16. The number of amides is 1. The van der Waals surface area contributed by atoms with Gasteiger partial charge in [-0.3, -0.25) is 4.79 Å². The number of anilines is 1. The highest BCUT2D eigenvalue weighted by atomic mass is 16.2. The highest BCUT2D eigenvalue weighted by Gasteiger charge is 2.47. The van der Waals surface area contributed by atoms with Crippen LogP contribution in [0.3, 0.4) is 0 Å². The minimum atomic E-state index is 0.300. The zero-order chi connectivity index (χ0) is 18.2. The van der Waals surface area contributed by atoms with E-state index in [4.69, 9.17) is 0 Å². The van der Waals surface area contributed by atoms with E-state index in [-0.39, 0.29) is 0 Å². The van der Waals surface area contributed by atoms with Crippen molar-refractivity contribution >= 4 is 17.4 Å². The Morgan fingerprint density at radius 3 is 2.70 bits per heavy atom. The second-order valence-electron chi connectivity index (χ2n) is 7.41. The predicted octanol–water partition coefficient (Wildman–Crippen LogP) is 1.94. The Balaban J connectivity index is 1.18. The molecule has 1 amide bonds. The van der Waals surface area contributed by atoms with Crippen LogP contribution in [0.15, 0.2) is 48.8 Å². The van der Waals surface area contributed by atoms with Gasteiger partial charge in [-0.05, 0) is 37.0 Å². The Bertz CT molecular complexity index is 943. The molecule has 0 aliphatic carbocycles. The first-order valence-corrected chi connectivity index (χ1v) is 9.55. The second kappa shape index (κ2) is 6.64. The highest BCUT2D eigenvalue weighted by molar-refractivity contribution is 5.78. The van der Waals surface area contributed by atoms with E-state index < -0.39 is 0 Å². The molecular weight excluding hydrogens is 340 g/mol. The molecule has 3 fully saturated rings. The summed E-state index contributed by atoms with van der Waals surface area (Å²) in [4.78, 5) is 17.1. The van der Waals surface area contributed by atoms with Gasteiger partial charge in [-0.1, -0.05) is 30.3 Å². The van der Waals surface area contributed by atoms with Gasteiger partial charge in [0.05, 0.1) is 12.1 Å². The first-order chi connectivity index (χ1) is 13.3. The van der Waals surface area contributed by atoms with Gasteiger partial charge in [0.15, 0.2) is 5.65 Å². The summed E-state index contributed by atoms with van der Waals surface area (Å²) in [5, 5.41) is 12.5.